The van der Waals surface area contributed by atoms with Crippen LogP contribution in [-0.4, -0.2) is 59.9 Å². The van der Waals surface area contributed by atoms with E-state index < -0.39 is 10.2 Å². The SMILES string of the molecule is NS(=O)(=O)N1CCN(C(=O)c2cc(Cl)nnc2Cl)CC1. The van der Waals surface area contributed by atoms with Gasteiger partial charge in [-0.25, -0.2) is 5.14 Å². The Balaban J connectivity index is 2.11. The fourth-order valence-electron chi connectivity index (χ4n) is 1.82. The summed E-state index contributed by atoms with van der Waals surface area (Å²) in [6.07, 6.45) is 0. The quantitative estimate of drug-likeness (QED) is 0.798. The van der Waals surface area contributed by atoms with E-state index in [9.17, 15) is 13.2 Å². The zero-order valence-corrected chi connectivity index (χ0v) is 12.5. The summed E-state index contributed by atoms with van der Waals surface area (Å²) in [4.78, 5) is 13.7. The molecule has 0 atom stereocenters. The smallest absolute Gasteiger partial charge is 0.277 e. The van der Waals surface area contributed by atoms with Crippen LogP contribution in [0, 0.1) is 0 Å². The van der Waals surface area contributed by atoms with Crippen molar-refractivity contribution in [1.82, 2.24) is 19.4 Å². The molecule has 1 aliphatic heterocycles. The van der Waals surface area contributed by atoms with Crippen LogP contribution in [0.4, 0.5) is 0 Å². The van der Waals surface area contributed by atoms with Crippen molar-refractivity contribution >= 4 is 39.3 Å². The van der Waals surface area contributed by atoms with Crippen molar-refractivity contribution in [2.45, 2.75) is 0 Å². The van der Waals surface area contributed by atoms with E-state index in [0.717, 1.165) is 4.31 Å². The standard InChI is InChI=1S/C9H11Cl2N5O3S/c10-7-5-6(8(11)14-13-7)9(17)15-1-3-16(4-2-15)20(12,18)19/h5H,1-4H2,(H2,12,18,19). The largest absolute Gasteiger partial charge is 0.336 e. The minimum absolute atomic E-state index is 0.0479. The Hall–Kier alpha value is -1.00. The zero-order chi connectivity index (χ0) is 14.9. The van der Waals surface area contributed by atoms with Gasteiger partial charge in [0.2, 0.25) is 0 Å². The average molecular weight is 340 g/mol. The number of piperazine rings is 1. The molecule has 0 bridgehead atoms. The monoisotopic (exact) mass is 339 g/mol. The second kappa shape index (κ2) is 5.78. The number of nitrogens with zero attached hydrogens (tertiary/aromatic N) is 4. The molecule has 0 spiro atoms. The number of carbonyl (C=O) groups is 1. The first-order valence-electron chi connectivity index (χ1n) is 5.55. The summed E-state index contributed by atoms with van der Waals surface area (Å²) in [5.74, 6) is -0.374. The minimum atomic E-state index is -3.73. The van der Waals surface area contributed by atoms with E-state index in [-0.39, 0.29) is 48.0 Å². The van der Waals surface area contributed by atoms with Gasteiger partial charge in [0.05, 0.1) is 5.56 Å². The first-order valence-corrected chi connectivity index (χ1v) is 7.81. The Kier molecular flexibility index (Phi) is 4.45. The molecule has 2 N–H and O–H groups in total. The Morgan fingerprint density at radius 2 is 1.80 bits per heavy atom. The summed E-state index contributed by atoms with van der Waals surface area (Å²) < 4.78 is 23.5. The predicted octanol–water partition coefficient (Wildman–Crippen LogP) is -0.255. The molecule has 0 aromatic carbocycles. The second-order valence-electron chi connectivity index (χ2n) is 4.11. The number of rotatable bonds is 2. The van der Waals surface area contributed by atoms with Crippen LogP contribution >= 0.6 is 23.2 Å². The lowest BCUT2D eigenvalue weighted by Gasteiger charge is -2.32. The highest BCUT2D eigenvalue weighted by Crippen LogP contribution is 2.18. The average Bonchev–Trinajstić information content (AvgIpc) is 2.40. The number of halogens is 2. The summed E-state index contributed by atoms with van der Waals surface area (Å²) in [5, 5.41) is 12.1. The normalized spacial score (nSPS) is 17.2. The molecule has 8 nitrogen and oxygen atoms in total. The molecule has 1 saturated heterocycles. The van der Waals surface area contributed by atoms with Gasteiger partial charge in [-0.2, -0.15) is 12.7 Å². The van der Waals surface area contributed by atoms with Crippen LogP contribution in [0.5, 0.6) is 0 Å². The predicted molar refractivity (Wildman–Crippen MR) is 72.6 cm³/mol. The molecule has 0 saturated carbocycles. The maximum absolute atomic E-state index is 12.2. The molecule has 1 fully saturated rings. The lowest BCUT2D eigenvalue weighted by atomic mass is 10.2. The fraction of sp³-hybridized carbons (Fsp3) is 0.444. The highest BCUT2D eigenvalue weighted by atomic mass is 35.5. The van der Waals surface area contributed by atoms with Crippen LogP contribution in [0.3, 0.4) is 0 Å². The van der Waals surface area contributed by atoms with Crippen LogP contribution in [-0.2, 0) is 10.2 Å². The molecule has 2 rings (SSSR count). The van der Waals surface area contributed by atoms with Gasteiger partial charge in [-0.3, -0.25) is 4.79 Å². The highest BCUT2D eigenvalue weighted by Gasteiger charge is 2.28. The van der Waals surface area contributed by atoms with E-state index in [2.05, 4.69) is 10.2 Å². The van der Waals surface area contributed by atoms with Crippen molar-refractivity contribution < 1.29 is 13.2 Å². The summed E-state index contributed by atoms with van der Waals surface area (Å²) in [7, 11) is -3.73. The van der Waals surface area contributed by atoms with Crippen LogP contribution in [0.2, 0.25) is 10.3 Å². The van der Waals surface area contributed by atoms with Gasteiger partial charge in [0.1, 0.15) is 0 Å². The molecule has 20 heavy (non-hydrogen) atoms. The van der Waals surface area contributed by atoms with Gasteiger partial charge >= 0.3 is 0 Å². The molecule has 1 aromatic heterocycles. The Labute approximate surface area is 125 Å². The van der Waals surface area contributed by atoms with Crippen molar-refractivity contribution in [1.29, 1.82) is 0 Å². The third-order valence-corrected chi connectivity index (χ3v) is 4.38. The number of aromatic nitrogens is 2. The van der Waals surface area contributed by atoms with Crippen molar-refractivity contribution in [3.8, 4) is 0 Å². The van der Waals surface area contributed by atoms with E-state index in [1.165, 1.54) is 11.0 Å². The molecule has 0 unspecified atom stereocenters. The maximum atomic E-state index is 12.2. The Morgan fingerprint density at radius 3 is 2.35 bits per heavy atom. The number of nitrogens with two attached hydrogens (primary N) is 1. The molecule has 0 radical (unpaired) electrons. The third kappa shape index (κ3) is 3.36. The van der Waals surface area contributed by atoms with E-state index in [4.69, 9.17) is 28.3 Å². The molecular formula is C9H11Cl2N5O3S. The highest BCUT2D eigenvalue weighted by molar-refractivity contribution is 7.86. The van der Waals surface area contributed by atoms with Crippen molar-refractivity contribution in [2.75, 3.05) is 26.2 Å². The summed E-state index contributed by atoms with van der Waals surface area (Å²) >= 11 is 11.5. The van der Waals surface area contributed by atoms with Crippen LogP contribution in [0.1, 0.15) is 10.4 Å². The van der Waals surface area contributed by atoms with Crippen molar-refractivity contribution in [3.05, 3.63) is 21.9 Å². The van der Waals surface area contributed by atoms with Gasteiger partial charge < -0.3 is 4.90 Å². The number of hydrogen-bond donors (Lipinski definition) is 1. The summed E-state index contributed by atoms with van der Waals surface area (Å²) in [5.41, 5.74) is 0.135. The molecule has 11 heteroatoms. The molecule has 1 aliphatic rings. The van der Waals surface area contributed by atoms with Crippen LogP contribution < -0.4 is 5.14 Å². The van der Waals surface area contributed by atoms with Gasteiger partial charge in [-0.15, -0.1) is 10.2 Å². The van der Waals surface area contributed by atoms with E-state index in [1.54, 1.807) is 0 Å². The number of hydrogen-bond acceptors (Lipinski definition) is 5. The third-order valence-electron chi connectivity index (χ3n) is 2.84. The molecular weight excluding hydrogens is 329 g/mol. The van der Waals surface area contributed by atoms with Gasteiger partial charge in [-0.05, 0) is 6.07 Å². The molecule has 0 aliphatic carbocycles. The minimum Gasteiger partial charge on any atom is -0.336 e. The fourth-order valence-corrected chi connectivity index (χ4v) is 2.81. The second-order valence-corrected chi connectivity index (χ2v) is 6.40. The van der Waals surface area contributed by atoms with Crippen LogP contribution in [0.15, 0.2) is 6.07 Å². The Bertz CT molecular complexity index is 630. The molecule has 1 amide bonds. The lowest BCUT2D eigenvalue weighted by molar-refractivity contribution is 0.0697. The molecule has 1 aromatic rings. The van der Waals surface area contributed by atoms with E-state index >= 15 is 0 Å². The zero-order valence-electron chi connectivity index (χ0n) is 10.2. The molecule has 110 valence electrons. The summed E-state index contributed by atoms with van der Waals surface area (Å²) in [6.45, 7) is 0.694. The summed E-state index contributed by atoms with van der Waals surface area (Å²) in [6, 6.07) is 1.32. The van der Waals surface area contributed by atoms with Gasteiger partial charge in [0, 0.05) is 26.2 Å². The van der Waals surface area contributed by atoms with Crippen molar-refractivity contribution in [3.63, 3.8) is 0 Å². The Morgan fingerprint density at radius 1 is 1.20 bits per heavy atom. The van der Waals surface area contributed by atoms with Crippen molar-refractivity contribution in [2.24, 2.45) is 5.14 Å². The van der Waals surface area contributed by atoms with E-state index in [1.807, 2.05) is 0 Å². The number of carbonyl (C=O) groups excluding carboxylic acids is 1. The number of amides is 1. The maximum Gasteiger partial charge on any atom is 0.277 e. The van der Waals surface area contributed by atoms with E-state index in [0.29, 0.717) is 0 Å². The van der Waals surface area contributed by atoms with Gasteiger partial charge in [0.25, 0.3) is 16.1 Å². The molecule has 2 heterocycles. The first kappa shape index (κ1) is 15.4. The first-order chi connectivity index (χ1) is 9.29. The lowest BCUT2D eigenvalue weighted by Crippen LogP contribution is -2.52. The van der Waals surface area contributed by atoms with Gasteiger partial charge in [-0.1, -0.05) is 23.2 Å². The topological polar surface area (TPSA) is 109 Å². The van der Waals surface area contributed by atoms with Gasteiger partial charge in [0.15, 0.2) is 10.3 Å². The van der Waals surface area contributed by atoms with Crippen LogP contribution in [0.25, 0.3) is 0 Å².